The molecule has 1 saturated heterocycles. The zero-order valence-corrected chi connectivity index (χ0v) is 18.8. The molecule has 7 heteroatoms. The third kappa shape index (κ3) is 3.91. The number of fused-ring (bicyclic) bond motifs is 2. The lowest BCUT2D eigenvalue weighted by molar-refractivity contribution is -0.122. The number of carbonyl (C=O) groups excluding carboxylic acids is 1. The van der Waals surface area contributed by atoms with Crippen molar-refractivity contribution >= 4 is 17.0 Å². The summed E-state index contributed by atoms with van der Waals surface area (Å²) < 4.78 is 1.80. The minimum atomic E-state index is -0.0769. The molecule has 1 fully saturated rings. The SMILES string of the molecule is Cc1cn2nc(C3=CC(=O)N4C=C(N5CCC(N(C)C)CC5)C=C/C4=C\C=C3)cc2cn1. The molecule has 0 spiro atoms. The molecule has 3 aliphatic rings. The standard InChI is InChI=1S/C25H28N6O/c1-18-16-31-23(15-26-18)14-24(27-31)19-5-4-6-21-7-8-22(17-30(21)25(32)13-19)29-11-9-20(10-12-29)28(2)3/h4-8,13-17,20H,9-12H2,1-3H3/b5-4?,19-13?,21-6+. The second-order valence-corrected chi connectivity index (χ2v) is 8.76. The van der Waals surface area contributed by atoms with E-state index in [2.05, 4.69) is 40.1 Å². The van der Waals surface area contributed by atoms with Crippen LogP contribution in [0.25, 0.3) is 11.1 Å². The summed E-state index contributed by atoms with van der Waals surface area (Å²) in [5, 5.41) is 4.64. The van der Waals surface area contributed by atoms with Crippen LogP contribution in [0.2, 0.25) is 0 Å². The summed E-state index contributed by atoms with van der Waals surface area (Å²) in [6, 6.07) is 2.58. The average molecular weight is 429 g/mol. The van der Waals surface area contributed by atoms with Crippen molar-refractivity contribution in [1.29, 1.82) is 0 Å². The lowest BCUT2D eigenvalue weighted by Gasteiger charge is -2.38. The first kappa shape index (κ1) is 20.5. The van der Waals surface area contributed by atoms with Crippen LogP contribution in [0.15, 0.2) is 72.5 Å². The summed E-state index contributed by atoms with van der Waals surface area (Å²) in [6.07, 6.45) is 19.6. The normalized spacial score (nSPS) is 21.2. The maximum atomic E-state index is 13.2. The quantitative estimate of drug-likeness (QED) is 0.752. The van der Waals surface area contributed by atoms with Crippen LogP contribution in [0.5, 0.6) is 0 Å². The number of aromatic nitrogens is 3. The van der Waals surface area contributed by atoms with Gasteiger partial charge in [-0.2, -0.15) is 5.10 Å². The van der Waals surface area contributed by atoms with Crippen molar-refractivity contribution in [3.05, 3.63) is 83.9 Å². The summed E-state index contributed by atoms with van der Waals surface area (Å²) >= 11 is 0. The molecule has 7 nitrogen and oxygen atoms in total. The molecular formula is C25H28N6O. The summed E-state index contributed by atoms with van der Waals surface area (Å²) in [4.78, 5) is 24.0. The largest absolute Gasteiger partial charge is 0.370 e. The Labute approximate surface area is 188 Å². The van der Waals surface area contributed by atoms with Gasteiger partial charge < -0.3 is 9.80 Å². The fraction of sp³-hybridized carbons (Fsp3) is 0.320. The second-order valence-electron chi connectivity index (χ2n) is 8.76. The van der Waals surface area contributed by atoms with Gasteiger partial charge in [0, 0.05) is 42.7 Å². The number of hydrogen-bond acceptors (Lipinski definition) is 5. The van der Waals surface area contributed by atoms with Gasteiger partial charge in [-0.3, -0.25) is 14.7 Å². The number of rotatable bonds is 3. The number of carbonyl (C=O) groups is 1. The number of hydrogen-bond donors (Lipinski definition) is 0. The van der Waals surface area contributed by atoms with E-state index >= 15 is 0 Å². The van der Waals surface area contributed by atoms with Gasteiger partial charge in [-0.1, -0.05) is 12.2 Å². The van der Waals surface area contributed by atoms with Crippen molar-refractivity contribution in [1.82, 2.24) is 29.3 Å². The molecule has 2 aromatic heterocycles. The molecule has 164 valence electrons. The Hall–Kier alpha value is -3.45. The number of piperidine rings is 1. The summed E-state index contributed by atoms with van der Waals surface area (Å²) in [5.41, 5.74) is 5.27. The predicted octanol–water partition coefficient (Wildman–Crippen LogP) is 3.14. The van der Waals surface area contributed by atoms with Gasteiger partial charge in [0.1, 0.15) is 0 Å². The van der Waals surface area contributed by atoms with Crippen molar-refractivity contribution in [3.8, 4) is 0 Å². The maximum absolute atomic E-state index is 13.2. The molecule has 0 aliphatic carbocycles. The molecule has 0 radical (unpaired) electrons. The molecule has 1 amide bonds. The topological polar surface area (TPSA) is 57.0 Å². The number of allylic oxidation sites excluding steroid dienone is 6. The number of aryl methyl sites for hydroxylation is 1. The highest BCUT2D eigenvalue weighted by Gasteiger charge is 2.25. The van der Waals surface area contributed by atoms with Gasteiger partial charge in [-0.05, 0) is 58.2 Å². The summed E-state index contributed by atoms with van der Waals surface area (Å²) in [5.74, 6) is -0.0769. The molecule has 32 heavy (non-hydrogen) atoms. The Morgan fingerprint density at radius 2 is 1.88 bits per heavy atom. The smallest absolute Gasteiger partial charge is 0.255 e. The van der Waals surface area contributed by atoms with E-state index in [1.165, 1.54) is 0 Å². The van der Waals surface area contributed by atoms with E-state index in [1.54, 1.807) is 21.7 Å². The van der Waals surface area contributed by atoms with Gasteiger partial charge in [0.05, 0.1) is 35.0 Å². The molecule has 5 heterocycles. The zero-order chi connectivity index (χ0) is 22.2. The second kappa shape index (κ2) is 8.24. The van der Waals surface area contributed by atoms with Gasteiger partial charge >= 0.3 is 0 Å². The fourth-order valence-corrected chi connectivity index (χ4v) is 4.44. The molecule has 2 aromatic rings. The van der Waals surface area contributed by atoms with Crippen molar-refractivity contribution in [3.63, 3.8) is 0 Å². The zero-order valence-electron chi connectivity index (χ0n) is 18.8. The monoisotopic (exact) mass is 428 g/mol. The first-order chi connectivity index (χ1) is 15.5. The third-order valence-corrected chi connectivity index (χ3v) is 6.35. The van der Waals surface area contributed by atoms with Crippen molar-refractivity contribution in [2.75, 3.05) is 27.2 Å². The van der Waals surface area contributed by atoms with Crippen LogP contribution in [0.1, 0.15) is 24.2 Å². The fourth-order valence-electron chi connectivity index (χ4n) is 4.44. The van der Waals surface area contributed by atoms with Crippen molar-refractivity contribution < 1.29 is 4.79 Å². The average Bonchev–Trinajstić information content (AvgIpc) is 3.20. The highest BCUT2D eigenvalue weighted by Crippen LogP contribution is 2.27. The van der Waals surface area contributed by atoms with Crippen LogP contribution in [-0.4, -0.2) is 68.4 Å². The van der Waals surface area contributed by atoms with E-state index < -0.39 is 0 Å². The number of nitrogens with zero attached hydrogens (tertiary/aromatic N) is 6. The van der Waals surface area contributed by atoms with Crippen molar-refractivity contribution in [2.24, 2.45) is 0 Å². The molecule has 0 saturated carbocycles. The minimum Gasteiger partial charge on any atom is -0.370 e. The molecule has 5 rings (SSSR count). The van der Waals surface area contributed by atoms with Crippen LogP contribution < -0.4 is 0 Å². The van der Waals surface area contributed by atoms with Gasteiger partial charge in [-0.25, -0.2) is 4.52 Å². The van der Waals surface area contributed by atoms with E-state index in [-0.39, 0.29) is 5.91 Å². The highest BCUT2D eigenvalue weighted by molar-refractivity contribution is 5.99. The highest BCUT2D eigenvalue weighted by atomic mass is 16.2. The van der Waals surface area contributed by atoms with E-state index in [1.807, 2.05) is 49.7 Å². The molecule has 3 aliphatic heterocycles. The van der Waals surface area contributed by atoms with Crippen molar-refractivity contribution in [2.45, 2.75) is 25.8 Å². The lowest BCUT2D eigenvalue weighted by Crippen LogP contribution is -2.42. The van der Waals surface area contributed by atoms with Gasteiger partial charge in [0.15, 0.2) is 0 Å². The Balaban J connectivity index is 1.41. The van der Waals surface area contributed by atoms with Crippen LogP contribution in [0.4, 0.5) is 0 Å². The van der Waals surface area contributed by atoms with Gasteiger partial charge in [0.25, 0.3) is 5.91 Å². The van der Waals surface area contributed by atoms with Crippen LogP contribution in [0, 0.1) is 6.92 Å². The Morgan fingerprint density at radius 1 is 1.09 bits per heavy atom. The number of likely N-dealkylation sites (tertiary alicyclic amines) is 1. The molecule has 0 N–H and O–H groups in total. The van der Waals surface area contributed by atoms with Crippen LogP contribution in [-0.2, 0) is 4.79 Å². The van der Waals surface area contributed by atoms with E-state index in [4.69, 9.17) is 0 Å². The van der Waals surface area contributed by atoms with E-state index in [9.17, 15) is 4.79 Å². The summed E-state index contributed by atoms with van der Waals surface area (Å²) in [7, 11) is 4.29. The third-order valence-electron chi connectivity index (χ3n) is 6.35. The predicted molar refractivity (Wildman–Crippen MR) is 125 cm³/mol. The van der Waals surface area contributed by atoms with E-state index in [0.717, 1.165) is 59.8 Å². The van der Waals surface area contributed by atoms with Gasteiger partial charge in [0.2, 0.25) is 0 Å². The Bertz CT molecular complexity index is 1200. The van der Waals surface area contributed by atoms with Crippen LogP contribution in [0.3, 0.4) is 0 Å². The lowest BCUT2D eigenvalue weighted by atomic mass is 10.0. The maximum Gasteiger partial charge on any atom is 0.255 e. The summed E-state index contributed by atoms with van der Waals surface area (Å²) in [6.45, 7) is 3.92. The Kier molecular flexibility index (Phi) is 5.27. The minimum absolute atomic E-state index is 0.0769. The molecule has 0 atom stereocenters. The Morgan fingerprint density at radius 3 is 2.66 bits per heavy atom. The molecule has 0 aromatic carbocycles. The molecular weight excluding hydrogens is 400 g/mol. The number of amides is 1. The van der Waals surface area contributed by atoms with Crippen LogP contribution >= 0.6 is 0 Å². The molecule has 0 unspecified atom stereocenters. The molecule has 0 bridgehead atoms. The first-order valence-electron chi connectivity index (χ1n) is 11.0. The van der Waals surface area contributed by atoms with Gasteiger partial charge in [-0.15, -0.1) is 0 Å². The first-order valence-corrected chi connectivity index (χ1v) is 11.0. The van der Waals surface area contributed by atoms with E-state index in [0.29, 0.717) is 6.04 Å².